The molecule has 2 fully saturated rings. The zero-order valence-corrected chi connectivity index (χ0v) is 22.5. The Bertz CT molecular complexity index is 1200. The van der Waals surface area contributed by atoms with Crippen LogP contribution in [0.3, 0.4) is 0 Å². The largest absolute Gasteiger partial charge is 0.394 e. The van der Waals surface area contributed by atoms with Gasteiger partial charge in [-0.05, 0) is 6.92 Å². The smallest absolute Gasteiger partial charge is 0.350 e. The summed E-state index contributed by atoms with van der Waals surface area (Å²) >= 11 is 0. The number of hydrogen-bond donors (Lipinski definition) is 10. The van der Waals surface area contributed by atoms with Crippen molar-refractivity contribution in [2.75, 3.05) is 24.9 Å². The quantitative estimate of drug-likeness (QED) is 0.107. The molecule has 2 saturated heterocycles. The van der Waals surface area contributed by atoms with Gasteiger partial charge in [0.05, 0.1) is 32.2 Å². The molecule has 0 bridgehead atoms. The molecule has 0 aliphatic carbocycles. The van der Waals surface area contributed by atoms with Gasteiger partial charge in [0.15, 0.2) is 24.0 Å². The van der Waals surface area contributed by atoms with Gasteiger partial charge in [0.25, 0.3) is 0 Å². The number of aliphatic hydroxyl groups excluding tert-OH is 7. The first-order chi connectivity index (χ1) is 19.3. The molecular weight excluding hydrogens is 577 g/mol. The summed E-state index contributed by atoms with van der Waals surface area (Å²) in [7, 11) is -4.35. The molecule has 0 spiro atoms. The van der Waals surface area contributed by atoms with E-state index in [1.54, 1.807) is 11.5 Å². The summed E-state index contributed by atoms with van der Waals surface area (Å²) in [5, 5.41) is 74.0. The van der Waals surface area contributed by atoms with E-state index < -0.39 is 94.6 Å². The van der Waals surface area contributed by atoms with E-state index in [0.29, 0.717) is 5.65 Å². The van der Waals surface area contributed by atoms with Crippen LogP contribution in [0.2, 0.25) is 0 Å². The SMILES string of the molecule is C[C@@H](Cn1cnc2c(N[C@@H]3O[C@H](CO)[C@@H](O[C@@H]4O[C@H](CO)[C@H](O)[C@H](O)[C@H]4O)[C@H](O)[C@H]3O)ncnc21)OCP(=O)(O)O. The molecule has 2 aromatic rings. The summed E-state index contributed by atoms with van der Waals surface area (Å²) in [5.74, 6) is 0.0822. The van der Waals surface area contributed by atoms with Crippen molar-refractivity contribution in [1.82, 2.24) is 19.5 Å². The molecule has 0 amide bonds. The van der Waals surface area contributed by atoms with Crippen LogP contribution in [-0.2, 0) is 30.1 Å². The van der Waals surface area contributed by atoms with E-state index in [-0.39, 0.29) is 17.9 Å². The molecule has 232 valence electrons. The van der Waals surface area contributed by atoms with Gasteiger partial charge in [-0.15, -0.1) is 0 Å². The molecule has 0 saturated carbocycles. The summed E-state index contributed by atoms with van der Waals surface area (Å²) in [5.41, 5.74) is 0.530. The number of imidazole rings is 1. The van der Waals surface area contributed by atoms with E-state index in [4.69, 9.17) is 28.7 Å². The van der Waals surface area contributed by atoms with Crippen LogP contribution in [-0.4, -0.2) is 152 Å². The fraction of sp³-hybridized carbons (Fsp3) is 0.762. The highest BCUT2D eigenvalue weighted by Gasteiger charge is 2.50. The number of fused-ring (bicyclic) bond motifs is 1. The maximum absolute atomic E-state index is 11.1. The standard InChI is InChI=1S/C21H34N5O14P/c1-8(37-7-41(34,35)36)2-26-6-24-11-18(22-5-23-19(11)26)25-20-15(32)14(31)17(10(4-28)38-20)40-21-16(33)13(30)12(29)9(3-27)39-21/h5-6,8-10,12-17,20-21,27-33H,2-4,7H2,1H3,(H,22,23,25)(H2,34,35,36)/t8-,9+,10+,12-,13-,14+,15+,16+,17+,20+,21-/m0/s1. The minimum Gasteiger partial charge on any atom is -0.394 e. The summed E-state index contributed by atoms with van der Waals surface area (Å²) in [4.78, 5) is 30.5. The highest BCUT2D eigenvalue weighted by atomic mass is 31.2. The Balaban J connectivity index is 1.46. The van der Waals surface area contributed by atoms with Gasteiger partial charge in [-0.25, -0.2) is 15.0 Å². The van der Waals surface area contributed by atoms with E-state index in [2.05, 4.69) is 20.3 Å². The Morgan fingerprint density at radius 2 is 1.68 bits per heavy atom. The summed E-state index contributed by atoms with van der Waals surface area (Å²) in [6.45, 7) is 0.310. The lowest BCUT2D eigenvalue weighted by Crippen LogP contribution is -2.65. The van der Waals surface area contributed by atoms with E-state index in [1.807, 2.05) is 0 Å². The monoisotopic (exact) mass is 611 g/mol. The number of rotatable bonds is 11. The molecule has 4 heterocycles. The predicted molar refractivity (Wildman–Crippen MR) is 133 cm³/mol. The van der Waals surface area contributed by atoms with Gasteiger partial charge >= 0.3 is 7.60 Å². The molecule has 4 rings (SSSR count). The Kier molecular flexibility index (Phi) is 10.3. The van der Waals surface area contributed by atoms with Crippen LogP contribution in [0.25, 0.3) is 11.2 Å². The highest BCUT2D eigenvalue weighted by molar-refractivity contribution is 7.51. The van der Waals surface area contributed by atoms with Crippen molar-refractivity contribution >= 4 is 24.6 Å². The Hall–Kier alpha value is -1.94. The number of ether oxygens (including phenoxy) is 4. The van der Waals surface area contributed by atoms with Gasteiger partial charge in [0.2, 0.25) is 0 Å². The van der Waals surface area contributed by atoms with Gasteiger partial charge in [0.1, 0.15) is 67.0 Å². The van der Waals surface area contributed by atoms with Crippen molar-refractivity contribution < 1.29 is 69.0 Å². The third-order valence-electron chi connectivity index (χ3n) is 6.67. The number of aliphatic hydroxyl groups is 7. The molecule has 41 heavy (non-hydrogen) atoms. The van der Waals surface area contributed by atoms with Gasteiger partial charge in [0, 0.05) is 0 Å². The van der Waals surface area contributed by atoms with E-state index in [9.17, 15) is 40.3 Å². The maximum atomic E-state index is 11.1. The second kappa shape index (κ2) is 13.1. The summed E-state index contributed by atoms with van der Waals surface area (Å²) < 4.78 is 34.4. The average Bonchev–Trinajstić information content (AvgIpc) is 3.34. The van der Waals surface area contributed by atoms with Crippen LogP contribution in [0.1, 0.15) is 6.92 Å². The molecule has 2 aromatic heterocycles. The first-order valence-corrected chi connectivity index (χ1v) is 14.3. The van der Waals surface area contributed by atoms with Crippen molar-refractivity contribution in [1.29, 1.82) is 0 Å². The van der Waals surface area contributed by atoms with Crippen molar-refractivity contribution in [3.05, 3.63) is 12.7 Å². The van der Waals surface area contributed by atoms with Crippen LogP contribution in [0.5, 0.6) is 0 Å². The lowest BCUT2D eigenvalue weighted by molar-refractivity contribution is -0.340. The van der Waals surface area contributed by atoms with Crippen LogP contribution >= 0.6 is 7.60 Å². The number of nitrogens with one attached hydrogen (secondary N) is 1. The zero-order valence-electron chi connectivity index (χ0n) is 21.6. The normalized spacial score (nSPS) is 35.5. The van der Waals surface area contributed by atoms with Crippen LogP contribution < -0.4 is 5.32 Å². The molecule has 0 radical (unpaired) electrons. The minimum absolute atomic E-state index is 0.0822. The maximum Gasteiger partial charge on any atom is 0.350 e. The average molecular weight is 611 g/mol. The molecule has 0 unspecified atom stereocenters. The third kappa shape index (κ3) is 7.17. The molecule has 11 atom stereocenters. The van der Waals surface area contributed by atoms with Crippen molar-refractivity contribution in [3.8, 4) is 0 Å². The van der Waals surface area contributed by atoms with E-state index >= 15 is 0 Å². The van der Waals surface area contributed by atoms with Crippen LogP contribution in [0.15, 0.2) is 12.7 Å². The fourth-order valence-corrected chi connectivity index (χ4v) is 4.97. The summed E-state index contributed by atoms with van der Waals surface area (Å²) in [6, 6.07) is 0. The number of nitrogens with zero attached hydrogens (tertiary/aromatic N) is 4. The Morgan fingerprint density at radius 3 is 2.34 bits per heavy atom. The van der Waals surface area contributed by atoms with Gasteiger partial charge in [-0.1, -0.05) is 0 Å². The molecular formula is C21H34N5O14P. The highest BCUT2D eigenvalue weighted by Crippen LogP contribution is 2.34. The first kappa shape index (κ1) is 32.0. The Labute approximate surface area is 232 Å². The second-order valence-electron chi connectivity index (χ2n) is 9.76. The minimum atomic E-state index is -4.35. The van der Waals surface area contributed by atoms with Crippen LogP contribution in [0, 0.1) is 0 Å². The molecule has 2 aliphatic heterocycles. The number of hydrogen-bond acceptors (Lipinski definition) is 16. The van der Waals surface area contributed by atoms with Gasteiger partial charge in [-0.2, -0.15) is 0 Å². The molecule has 2 aliphatic rings. The zero-order chi connectivity index (χ0) is 30.1. The fourth-order valence-electron chi connectivity index (χ4n) is 4.52. The second-order valence-corrected chi connectivity index (χ2v) is 11.4. The topological polar surface area (TPSA) is 292 Å². The lowest BCUT2D eigenvalue weighted by atomic mass is 9.96. The van der Waals surface area contributed by atoms with Crippen LogP contribution in [0.4, 0.5) is 5.82 Å². The molecule has 19 nitrogen and oxygen atoms in total. The summed E-state index contributed by atoms with van der Waals surface area (Å²) in [6.07, 6.45) is -14.5. The predicted octanol–water partition coefficient (Wildman–Crippen LogP) is -4.60. The van der Waals surface area contributed by atoms with Crippen molar-refractivity contribution in [3.63, 3.8) is 0 Å². The van der Waals surface area contributed by atoms with Gasteiger partial charge < -0.3 is 74.4 Å². The molecule has 20 heteroatoms. The molecule has 0 aromatic carbocycles. The van der Waals surface area contributed by atoms with Crippen molar-refractivity contribution in [2.45, 2.75) is 80.9 Å². The Morgan fingerprint density at radius 1 is 0.976 bits per heavy atom. The van der Waals surface area contributed by atoms with Crippen molar-refractivity contribution in [2.24, 2.45) is 0 Å². The molecule has 10 N–H and O–H groups in total. The number of aromatic nitrogens is 4. The van der Waals surface area contributed by atoms with Gasteiger partial charge in [-0.3, -0.25) is 4.57 Å². The van der Waals surface area contributed by atoms with E-state index in [0.717, 1.165) is 0 Å². The van der Waals surface area contributed by atoms with E-state index in [1.165, 1.54) is 12.7 Å². The number of anilines is 1. The third-order valence-corrected chi connectivity index (χ3v) is 7.15. The lowest BCUT2D eigenvalue weighted by Gasteiger charge is -2.46. The first-order valence-electron chi connectivity index (χ1n) is 12.5.